The van der Waals surface area contributed by atoms with Crippen molar-refractivity contribution in [3.8, 4) is 0 Å². The highest BCUT2D eigenvalue weighted by atomic mass is 16.1. The summed E-state index contributed by atoms with van der Waals surface area (Å²) in [6.07, 6.45) is 2.31. The summed E-state index contributed by atoms with van der Waals surface area (Å²) in [5, 5.41) is 3.17. The number of aromatic amines is 1. The van der Waals surface area contributed by atoms with E-state index in [9.17, 15) is 4.79 Å². The molecule has 2 aliphatic rings. The minimum Gasteiger partial charge on any atom is -0.310 e. The van der Waals surface area contributed by atoms with Crippen LogP contribution in [0.1, 0.15) is 35.8 Å². The van der Waals surface area contributed by atoms with E-state index in [1.165, 1.54) is 6.42 Å². The third kappa shape index (κ3) is 2.00. The second-order valence-electron chi connectivity index (χ2n) is 5.08. The first kappa shape index (κ1) is 10.9. The molecule has 5 heteroatoms. The van der Waals surface area contributed by atoms with Crippen molar-refractivity contribution in [3.05, 3.63) is 27.4 Å². The smallest absolute Gasteiger partial charge is 0.255 e. The van der Waals surface area contributed by atoms with Crippen LogP contribution in [0.3, 0.4) is 0 Å². The van der Waals surface area contributed by atoms with Crippen LogP contribution in [0.5, 0.6) is 0 Å². The second kappa shape index (κ2) is 4.23. The number of aromatic nitrogens is 2. The van der Waals surface area contributed by atoms with Crippen LogP contribution in [-0.4, -0.2) is 35.0 Å². The van der Waals surface area contributed by atoms with E-state index >= 15 is 0 Å². The molecule has 0 radical (unpaired) electrons. The number of piperidine rings is 1. The molecule has 1 saturated heterocycles. The number of H-pyrrole nitrogens is 1. The van der Waals surface area contributed by atoms with E-state index in [-0.39, 0.29) is 5.56 Å². The maximum atomic E-state index is 11.9. The Labute approximate surface area is 100 Å². The highest BCUT2D eigenvalue weighted by Crippen LogP contribution is 2.23. The lowest BCUT2D eigenvalue weighted by Gasteiger charge is -2.29. The van der Waals surface area contributed by atoms with E-state index in [1.807, 2.05) is 0 Å². The Kier molecular flexibility index (Phi) is 2.72. The maximum absolute atomic E-state index is 11.9. The van der Waals surface area contributed by atoms with Crippen LogP contribution in [0.25, 0.3) is 0 Å². The Morgan fingerprint density at radius 3 is 3.12 bits per heavy atom. The Balaban J connectivity index is 1.93. The molecule has 1 fully saturated rings. The van der Waals surface area contributed by atoms with Gasteiger partial charge in [-0.25, -0.2) is 4.98 Å². The molecule has 0 saturated carbocycles. The molecule has 1 unspecified atom stereocenters. The molecule has 0 aliphatic carbocycles. The van der Waals surface area contributed by atoms with Gasteiger partial charge in [0.15, 0.2) is 0 Å². The van der Waals surface area contributed by atoms with Crippen LogP contribution >= 0.6 is 0 Å². The van der Waals surface area contributed by atoms with Gasteiger partial charge in [-0.2, -0.15) is 0 Å². The lowest BCUT2D eigenvalue weighted by atomic mass is 9.97. The van der Waals surface area contributed by atoms with Crippen molar-refractivity contribution in [2.75, 3.05) is 20.1 Å². The summed E-state index contributed by atoms with van der Waals surface area (Å²) in [6.45, 7) is 3.53. The van der Waals surface area contributed by atoms with Crippen LogP contribution in [0.2, 0.25) is 0 Å². The van der Waals surface area contributed by atoms with Gasteiger partial charge >= 0.3 is 0 Å². The Hall–Kier alpha value is -1.20. The molecule has 2 aliphatic heterocycles. The minimum atomic E-state index is 0.0447. The summed E-state index contributed by atoms with van der Waals surface area (Å²) < 4.78 is 0. The van der Waals surface area contributed by atoms with E-state index in [0.717, 1.165) is 43.1 Å². The van der Waals surface area contributed by atoms with Crippen LogP contribution in [0.4, 0.5) is 0 Å². The summed E-state index contributed by atoms with van der Waals surface area (Å²) in [5.74, 6) is 1.26. The summed E-state index contributed by atoms with van der Waals surface area (Å²) >= 11 is 0. The number of hydrogen-bond acceptors (Lipinski definition) is 4. The predicted octanol–water partition coefficient (Wildman–Crippen LogP) is 0.182. The standard InChI is InChI=1S/C12H18N4O/c1-16-4-2-3-8(7-16)11-14-10-6-13-5-9(10)12(17)15-11/h8,13H,2-7H2,1H3,(H,14,15,17). The first-order chi connectivity index (χ1) is 8.24. The topological polar surface area (TPSA) is 61.0 Å². The van der Waals surface area contributed by atoms with Crippen LogP contribution in [0.15, 0.2) is 4.79 Å². The first-order valence-electron chi connectivity index (χ1n) is 6.25. The third-order valence-corrected chi connectivity index (χ3v) is 3.72. The lowest BCUT2D eigenvalue weighted by Crippen LogP contribution is -2.33. The molecule has 1 aromatic rings. The Morgan fingerprint density at radius 2 is 2.29 bits per heavy atom. The van der Waals surface area contributed by atoms with Crippen molar-refractivity contribution in [2.45, 2.75) is 31.8 Å². The van der Waals surface area contributed by atoms with Crippen molar-refractivity contribution in [2.24, 2.45) is 0 Å². The van der Waals surface area contributed by atoms with Crippen molar-refractivity contribution >= 4 is 0 Å². The van der Waals surface area contributed by atoms with Gasteiger partial charge in [0.1, 0.15) is 5.82 Å². The first-order valence-corrected chi connectivity index (χ1v) is 6.25. The van der Waals surface area contributed by atoms with Crippen LogP contribution < -0.4 is 10.9 Å². The van der Waals surface area contributed by atoms with Gasteiger partial charge in [0.05, 0.1) is 11.3 Å². The van der Waals surface area contributed by atoms with Gasteiger partial charge in [-0.1, -0.05) is 0 Å². The minimum absolute atomic E-state index is 0.0447. The van der Waals surface area contributed by atoms with Crippen molar-refractivity contribution in [3.63, 3.8) is 0 Å². The number of fused-ring (bicyclic) bond motifs is 1. The molecule has 1 aromatic heterocycles. The zero-order chi connectivity index (χ0) is 11.8. The van der Waals surface area contributed by atoms with Gasteiger partial charge in [0, 0.05) is 25.6 Å². The molecule has 0 amide bonds. The number of nitrogens with one attached hydrogen (secondary N) is 2. The molecule has 2 N–H and O–H groups in total. The molecule has 17 heavy (non-hydrogen) atoms. The molecular formula is C12H18N4O. The summed E-state index contributed by atoms with van der Waals surface area (Å²) in [4.78, 5) is 21.8. The van der Waals surface area contributed by atoms with Gasteiger partial charge in [-0.3, -0.25) is 4.79 Å². The highest BCUT2D eigenvalue weighted by Gasteiger charge is 2.24. The number of nitrogens with zero attached hydrogens (tertiary/aromatic N) is 2. The number of rotatable bonds is 1. The van der Waals surface area contributed by atoms with Crippen LogP contribution in [0, 0.1) is 0 Å². The lowest BCUT2D eigenvalue weighted by molar-refractivity contribution is 0.245. The zero-order valence-electron chi connectivity index (χ0n) is 10.1. The summed E-state index contributed by atoms with van der Waals surface area (Å²) in [6, 6.07) is 0. The Bertz CT molecular complexity index is 482. The summed E-state index contributed by atoms with van der Waals surface area (Å²) in [7, 11) is 2.12. The fraction of sp³-hybridized carbons (Fsp3) is 0.667. The largest absolute Gasteiger partial charge is 0.310 e. The predicted molar refractivity (Wildman–Crippen MR) is 64.9 cm³/mol. The SMILES string of the molecule is CN1CCCC(c2nc3c(c(=O)[nH]2)CNC3)C1. The fourth-order valence-corrected chi connectivity index (χ4v) is 2.78. The quantitative estimate of drug-likeness (QED) is 0.728. The van der Waals surface area contributed by atoms with Crippen molar-refractivity contribution in [1.82, 2.24) is 20.2 Å². The summed E-state index contributed by atoms with van der Waals surface area (Å²) in [5.41, 5.74) is 1.80. The molecule has 0 spiro atoms. The molecule has 5 nitrogen and oxygen atoms in total. The fourth-order valence-electron chi connectivity index (χ4n) is 2.78. The van der Waals surface area contributed by atoms with E-state index in [0.29, 0.717) is 12.5 Å². The van der Waals surface area contributed by atoms with Crippen LogP contribution in [-0.2, 0) is 13.1 Å². The molecule has 0 bridgehead atoms. The molecule has 92 valence electrons. The highest BCUT2D eigenvalue weighted by molar-refractivity contribution is 5.22. The van der Waals surface area contributed by atoms with Gasteiger partial charge < -0.3 is 15.2 Å². The molecule has 1 atom stereocenters. The van der Waals surface area contributed by atoms with Crippen molar-refractivity contribution < 1.29 is 0 Å². The third-order valence-electron chi connectivity index (χ3n) is 3.72. The zero-order valence-corrected chi connectivity index (χ0v) is 10.1. The second-order valence-corrected chi connectivity index (χ2v) is 5.08. The van der Waals surface area contributed by atoms with Gasteiger partial charge in [0.2, 0.25) is 0 Å². The number of likely N-dealkylation sites (tertiary alicyclic amines) is 1. The van der Waals surface area contributed by atoms with E-state index in [4.69, 9.17) is 0 Å². The van der Waals surface area contributed by atoms with E-state index in [1.54, 1.807) is 0 Å². The van der Waals surface area contributed by atoms with Gasteiger partial charge in [-0.05, 0) is 26.4 Å². The average Bonchev–Trinajstić information content (AvgIpc) is 2.77. The normalized spacial score (nSPS) is 24.9. The molecular weight excluding hydrogens is 216 g/mol. The monoisotopic (exact) mass is 234 g/mol. The van der Waals surface area contributed by atoms with Crippen molar-refractivity contribution in [1.29, 1.82) is 0 Å². The average molecular weight is 234 g/mol. The number of likely N-dealkylation sites (N-methyl/N-ethyl adjacent to an activating group) is 1. The van der Waals surface area contributed by atoms with E-state index in [2.05, 4.69) is 27.2 Å². The van der Waals surface area contributed by atoms with E-state index < -0.39 is 0 Å². The number of hydrogen-bond donors (Lipinski definition) is 2. The molecule has 3 heterocycles. The Morgan fingerprint density at radius 1 is 1.41 bits per heavy atom. The molecule has 3 rings (SSSR count). The molecule has 0 aromatic carbocycles. The van der Waals surface area contributed by atoms with Gasteiger partial charge in [0.25, 0.3) is 5.56 Å². The maximum Gasteiger partial charge on any atom is 0.255 e. The van der Waals surface area contributed by atoms with Gasteiger partial charge in [-0.15, -0.1) is 0 Å².